The Balaban J connectivity index is 1.68. The molecule has 2 aromatic rings. The summed E-state index contributed by atoms with van der Waals surface area (Å²) in [4.78, 5) is 18.4. The van der Waals surface area contributed by atoms with E-state index in [1.165, 1.54) is 11.9 Å². The van der Waals surface area contributed by atoms with Crippen molar-refractivity contribution in [2.75, 3.05) is 13.3 Å². The highest BCUT2D eigenvalue weighted by Gasteiger charge is 2.36. The molecular formula is C18H24ClN5O2S. The van der Waals surface area contributed by atoms with Gasteiger partial charge in [0.2, 0.25) is 0 Å². The molecule has 0 spiro atoms. The predicted molar refractivity (Wildman–Crippen MR) is 109 cm³/mol. The highest BCUT2D eigenvalue weighted by atomic mass is 35.5. The maximum atomic E-state index is 12.4. The van der Waals surface area contributed by atoms with E-state index in [1.54, 1.807) is 4.80 Å². The number of aromatic nitrogens is 3. The maximum absolute atomic E-state index is 12.4. The van der Waals surface area contributed by atoms with Gasteiger partial charge in [0.05, 0.1) is 18.3 Å². The van der Waals surface area contributed by atoms with E-state index < -0.39 is 0 Å². The minimum absolute atomic E-state index is 0.0553. The molecule has 9 heteroatoms. The van der Waals surface area contributed by atoms with Crippen LogP contribution in [0.1, 0.15) is 32.8 Å². The van der Waals surface area contributed by atoms with E-state index in [4.69, 9.17) is 16.3 Å². The first-order valence-electron chi connectivity index (χ1n) is 9.13. The fourth-order valence-corrected chi connectivity index (χ4v) is 4.23. The first kappa shape index (κ1) is 20.3. The van der Waals surface area contributed by atoms with E-state index in [1.807, 2.05) is 36.4 Å². The van der Waals surface area contributed by atoms with Crippen molar-refractivity contribution in [2.45, 2.75) is 51.6 Å². The number of aliphatic imine (C=N–C) groups is 1. The first-order valence-corrected chi connectivity index (χ1v) is 10.3. The third-order valence-electron chi connectivity index (χ3n) is 4.25. The standard InChI is InChI=1S/C18H24ClN5O2S/c1-4-8-24-21-14-7-6-13(9-15(14)22-24)10-16(25)20-18-17(19)12(3)23(27-18)11-26-5-2/h6-7,9,12,17H,4-5,8,10-11H2,1-3H3. The number of halogens is 1. The molecular weight excluding hydrogens is 386 g/mol. The number of fused-ring (bicyclic) bond motifs is 1. The van der Waals surface area contributed by atoms with E-state index in [0.717, 1.165) is 29.6 Å². The highest BCUT2D eigenvalue weighted by Crippen LogP contribution is 2.33. The fraction of sp³-hybridized carbons (Fsp3) is 0.556. The number of hydrogen-bond donors (Lipinski definition) is 0. The van der Waals surface area contributed by atoms with Gasteiger partial charge in [0.15, 0.2) is 0 Å². The van der Waals surface area contributed by atoms with Crippen LogP contribution in [0.4, 0.5) is 0 Å². The first-order chi connectivity index (χ1) is 13.0. The Morgan fingerprint density at radius 3 is 2.85 bits per heavy atom. The number of carbonyl (C=O) groups excluding carboxylic acids is 1. The zero-order valence-electron chi connectivity index (χ0n) is 15.8. The van der Waals surface area contributed by atoms with Crippen molar-refractivity contribution in [3.05, 3.63) is 23.8 Å². The second kappa shape index (κ2) is 9.14. The molecule has 1 amide bonds. The van der Waals surface area contributed by atoms with E-state index in [9.17, 15) is 4.79 Å². The summed E-state index contributed by atoms with van der Waals surface area (Å²) in [7, 11) is 0. The van der Waals surface area contributed by atoms with Crippen molar-refractivity contribution in [3.8, 4) is 0 Å². The molecule has 27 heavy (non-hydrogen) atoms. The van der Waals surface area contributed by atoms with Crippen molar-refractivity contribution >= 4 is 45.5 Å². The molecule has 2 unspecified atom stereocenters. The molecule has 1 saturated heterocycles. The molecule has 1 aliphatic heterocycles. The minimum Gasteiger partial charge on any atom is -0.366 e. The molecule has 0 bridgehead atoms. The van der Waals surface area contributed by atoms with Crippen molar-refractivity contribution in [2.24, 2.45) is 4.99 Å². The van der Waals surface area contributed by atoms with Crippen LogP contribution in [-0.2, 0) is 22.5 Å². The van der Waals surface area contributed by atoms with Crippen LogP contribution in [0.3, 0.4) is 0 Å². The maximum Gasteiger partial charge on any atom is 0.250 e. The predicted octanol–water partition coefficient (Wildman–Crippen LogP) is 3.26. The molecule has 1 aliphatic rings. The molecule has 7 nitrogen and oxygen atoms in total. The lowest BCUT2D eigenvalue weighted by molar-refractivity contribution is -0.117. The quantitative estimate of drug-likeness (QED) is 0.516. The van der Waals surface area contributed by atoms with Gasteiger partial charge in [0.1, 0.15) is 22.8 Å². The van der Waals surface area contributed by atoms with Gasteiger partial charge in [-0.25, -0.2) is 9.30 Å². The molecule has 1 aromatic heterocycles. The number of benzene rings is 1. The largest absolute Gasteiger partial charge is 0.366 e. The van der Waals surface area contributed by atoms with Crippen molar-refractivity contribution in [1.82, 2.24) is 19.3 Å². The Labute approximate surface area is 168 Å². The van der Waals surface area contributed by atoms with E-state index in [-0.39, 0.29) is 23.7 Å². The molecule has 2 heterocycles. The second-order valence-corrected chi connectivity index (χ2v) is 7.95. The summed E-state index contributed by atoms with van der Waals surface area (Å²) in [6.45, 7) is 7.90. The number of ether oxygens (including phenoxy) is 1. The number of rotatable bonds is 7. The Bertz CT molecular complexity index is 840. The molecule has 0 saturated carbocycles. The Morgan fingerprint density at radius 1 is 1.33 bits per heavy atom. The summed E-state index contributed by atoms with van der Waals surface area (Å²) in [5.74, 6) is -0.214. The number of aryl methyl sites for hydroxylation is 1. The smallest absolute Gasteiger partial charge is 0.250 e. The second-order valence-electron chi connectivity index (χ2n) is 6.41. The lowest BCUT2D eigenvalue weighted by Gasteiger charge is -2.18. The topological polar surface area (TPSA) is 72.6 Å². The summed E-state index contributed by atoms with van der Waals surface area (Å²) in [6, 6.07) is 5.75. The SMILES string of the molecule is CCCn1nc2ccc(CC(=O)N=C3SN(COCC)C(C)C3Cl)cc2n1. The Morgan fingerprint density at radius 2 is 2.11 bits per heavy atom. The fourth-order valence-electron chi connectivity index (χ4n) is 2.76. The molecule has 0 aliphatic carbocycles. The average molecular weight is 410 g/mol. The number of hydrogen-bond acceptors (Lipinski definition) is 6. The Kier molecular flexibility index (Phi) is 6.86. The van der Waals surface area contributed by atoms with Gasteiger partial charge in [0, 0.05) is 12.6 Å². The van der Waals surface area contributed by atoms with Crippen LogP contribution < -0.4 is 0 Å². The van der Waals surface area contributed by atoms with Gasteiger partial charge < -0.3 is 4.74 Å². The monoisotopic (exact) mass is 409 g/mol. The molecule has 3 rings (SSSR count). The van der Waals surface area contributed by atoms with Gasteiger partial charge in [0.25, 0.3) is 5.91 Å². The van der Waals surface area contributed by atoms with Crippen molar-refractivity contribution < 1.29 is 9.53 Å². The molecule has 146 valence electrons. The zero-order valence-corrected chi connectivity index (χ0v) is 17.3. The normalized spacial score (nSPS) is 22.1. The van der Waals surface area contributed by atoms with Crippen LogP contribution in [-0.4, -0.2) is 55.0 Å². The van der Waals surface area contributed by atoms with E-state index >= 15 is 0 Å². The third kappa shape index (κ3) is 4.87. The van der Waals surface area contributed by atoms with Gasteiger partial charge in [-0.1, -0.05) is 13.0 Å². The molecule has 0 N–H and O–H groups in total. The number of alkyl halides is 1. The average Bonchev–Trinajstić information content (AvgIpc) is 3.15. The molecule has 1 fully saturated rings. The summed E-state index contributed by atoms with van der Waals surface area (Å²) in [6.07, 6.45) is 1.18. The van der Waals surface area contributed by atoms with Gasteiger partial charge in [-0.2, -0.15) is 15.0 Å². The van der Waals surface area contributed by atoms with Crippen LogP contribution in [0.25, 0.3) is 11.0 Å². The minimum atomic E-state index is -0.309. The third-order valence-corrected chi connectivity index (χ3v) is 6.15. The van der Waals surface area contributed by atoms with Crippen LogP contribution in [0, 0.1) is 0 Å². The van der Waals surface area contributed by atoms with Crippen LogP contribution in [0.2, 0.25) is 0 Å². The summed E-state index contributed by atoms with van der Waals surface area (Å²) < 4.78 is 7.44. The molecule has 2 atom stereocenters. The lowest BCUT2D eigenvalue weighted by Crippen LogP contribution is -2.29. The molecule has 1 aromatic carbocycles. The van der Waals surface area contributed by atoms with Gasteiger partial charge in [-0.15, -0.1) is 11.6 Å². The van der Waals surface area contributed by atoms with Gasteiger partial charge in [-0.3, -0.25) is 4.79 Å². The van der Waals surface area contributed by atoms with Crippen molar-refractivity contribution in [1.29, 1.82) is 0 Å². The highest BCUT2D eigenvalue weighted by molar-refractivity contribution is 8.12. The lowest BCUT2D eigenvalue weighted by atomic mass is 10.1. The number of carbonyl (C=O) groups is 1. The van der Waals surface area contributed by atoms with Crippen LogP contribution in [0.5, 0.6) is 0 Å². The van der Waals surface area contributed by atoms with E-state index in [0.29, 0.717) is 18.4 Å². The summed E-state index contributed by atoms with van der Waals surface area (Å²) >= 11 is 7.83. The summed E-state index contributed by atoms with van der Waals surface area (Å²) in [5, 5.41) is 9.18. The van der Waals surface area contributed by atoms with Gasteiger partial charge >= 0.3 is 0 Å². The Hall–Kier alpha value is -1.48. The van der Waals surface area contributed by atoms with Crippen molar-refractivity contribution in [3.63, 3.8) is 0 Å². The number of nitrogens with zero attached hydrogens (tertiary/aromatic N) is 5. The van der Waals surface area contributed by atoms with E-state index in [2.05, 4.69) is 22.1 Å². The summed E-state index contributed by atoms with van der Waals surface area (Å²) in [5.41, 5.74) is 2.50. The number of amides is 1. The van der Waals surface area contributed by atoms with Gasteiger partial charge in [-0.05, 0) is 49.9 Å². The molecule has 0 radical (unpaired) electrons. The van der Waals surface area contributed by atoms with Crippen LogP contribution in [0.15, 0.2) is 23.2 Å². The zero-order chi connectivity index (χ0) is 19.4. The van der Waals surface area contributed by atoms with Crippen LogP contribution >= 0.6 is 23.5 Å².